The Morgan fingerprint density at radius 2 is 2.18 bits per heavy atom. The molecule has 1 saturated carbocycles. The van der Waals surface area contributed by atoms with Gasteiger partial charge in [-0.2, -0.15) is 0 Å². The van der Waals surface area contributed by atoms with Crippen LogP contribution < -0.4 is 5.73 Å². The highest BCUT2D eigenvalue weighted by molar-refractivity contribution is 6.33. The molecule has 1 fully saturated rings. The number of nitrogens with zero attached hydrogens (tertiary/aromatic N) is 1. The third-order valence-electron chi connectivity index (χ3n) is 3.66. The molecule has 94 valence electrons. The molecule has 0 unspecified atom stereocenters. The first-order chi connectivity index (χ1) is 8.19. The van der Waals surface area contributed by atoms with Gasteiger partial charge in [0.1, 0.15) is 0 Å². The van der Waals surface area contributed by atoms with E-state index in [9.17, 15) is 0 Å². The summed E-state index contributed by atoms with van der Waals surface area (Å²) in [5.74, 6) is 0.916. The average Bonchev–Trinajstić information content (AvgIpc) is 2.26. The van der Waals surface area contributed by atoms with Crippen molar-refractivity contribution in [3.05, 3.63) is 28.8 Å². The smallest absolute Gasteiger partial charge is 0.0638 e. The molecule has 1 aliphatic carbocycles. The second kappa shape index (κ2) is 5.74. The Bertz CT molecular complexity index is 374. The predicted octanol–water partition coefficient (Wildman–Crippen LogP) is 3.54. The summed E-state index contributed by atoms with van der Waals surface area (Å²) in [6.07, 6.45) is 4.22. The highest BCUT2D eigenvalue weighted by Crippen LogP contribution is 2.28. The number of anilines is 1. The van der Waals surface area contributed by atoms with Gasteiger partial charge in [-0.25, -0.2) is 0 Å². The Kier molecular flexibility index (Phi) is 4.30. The summed E-state index contributed by atoms with van der Waals surface area (Å²) in [7, 11) is 0. The molecule has 0 spiro atoms. The van der Waals surface area contributed by atoms with Crippen molar-refractivity contribution >= 4 is 17.3 Å². The third kappa shape index (κ3) is 3.36. The van der Waals surface area contributed by atoms with Crippen LogP contribution in [0, 0.1) is 5.92 Å². The molecule has 1 aromatic carbocycles. The molecule has 3 heteroatoms. The summed E-state index contributed by atoms with van der Waals surface area (Å²) in [5.41, 5.74) is 7.64. The summed E-state index contributed by atoms with van der Waals surface area (Å²) in [5, 5.41) is 0.669. The molecule has 0 bridgehead atoms. The van der Waals surface area contributed by atoms with Crippen molar-refractivity contribution in [2.75, 3.05) is 18.8 Å². The van der Waals surface area contributed by atoms with E-state index in [-0.39, 0.29) is 0 Å². The van der Waals surface area contributed by atoms with Crippen LogP contribution in [0.4, 0.5) is 5.69 Å². The maximum absolute atomic E-state index is 6.04. The van der Waals surface area contributed by atoms with Crippen molar-refractivity contribution in [2.45, 2.75) is 32.7 Å². The van der Waals surface area contributed by atoms with E-state index in [0.717, 1.165) is 19.0 Å². The van der Waals surface area contributed by atoms with Crippen LogP contribution >= 0.6 is 11.6 Å². The number of halogens is 1. The molecular weight excluding hydrogens is 232 g/mol. The van der Waals surface area contributed by atoms with E-state index in [1.807, 2.05) is 12.1 Å². The van der Waals surface area contributed by atoms with Gasteiger partial charge in [-0.05, 0) is 43.0 Å². The fourth-order valence-electron chi connectivity index (χ4n) is 2.27. The fraction of sp³-hybridized carbons (Fsp3) is 0.571. The second-order valence-corrected chi connectivity index (χ2v) is 5.39. The largest absolute Gasteiger partial charge is 0.398 e. The van der Waals surface area contributed by atoms with Crippen molar-refractivity contribution < 1.29 is 0 Å². The number of benzene rings is 1. The molecule has 17 heavy (non-hydrogen) atoms. The fourth-order valence-corrected chi connectivity index (χ4v) is 2.48. The number of nitrogen functional groups attached to an aromatic ring is 1. The van der Waals surface area contributed by atoms with E-state index in [1.165, 1.54) is 31.4 Å². The zero-order valence-electron chi connectivity index (χ0n) is 10.5. The van der Waals surface area contributed by atoms with Crippen LogP contribution in [0.3, 0.4) is 0 Å². The Morgan fingerprint density at radius 1 is 1.41 bits per heavy atom. The number of hydrogen-bond acceptors (Lipinski definition) is 2. The van der Waals surface area contributed by atoms with Gasteiger partial charge < -0.3 is 5.73 Å². The molecule has 2 N–H and O–H groups in total. The molecule has 1 aliphatic rings. The molecule has 0 radical (unpaired) electrons. The van der Waals surface area contributed by atoms with Crippen molar-refractivity contribution in [3.63, 3.8) is 0 Å². The Morgan fingerprint density at radius 3 is 2.71 bits per heavy atom. The van der Waals surface area contributed by atoms with E-state index in [0.29, 0.717) is 10.7 Å². The lowest BCUT2D eigenvalue weighted by Crippen LogP contribution is -2.32. The Hall–Kier alpha value is -0.730. The number of hydrogen-bond donors (Lipinski definition) is 1. The lowest BCUT2D eigenvalue weighted by Gasteiger charge is -2.31. The third-order valence-corrected chi connectivity index (χ3v) is 3.99. The van der Waals surface area contributed by atoms with Crippen molar-refractivity contribution in [1.29, 1.82) is 0 Å². The van der Waals surface area contributed by atoms with Crippen molar-refractivity contribution in [3.8, 4) is 0 Å². The monoisotopic (exact) mass is 252 g/mol. The minimum atomic E-state index is 0.664. The minimum Gasteiger partial charge on any atom is -0.398 e. The summed E-state index contributed by atoms with van der Waals surface area (Å²) in [6.45, 7) is 5.52. The Labute approximate surface area is 109 Å². The predicted molar refractivity (Wildman–Crippen MR) is 74.2 cm³/mol. The van der Waals surface area contributed by atoms with Gasteiger partial charge in [-0.1, -0.05) is 31.0 Å². The van der Waals surface area contributed by atoms with Gasteiger partial charge in [0.05, 0.1) is 10.7 Å². The van der Waals surface area contributed by atoms with Gasteiger partial charge in [0.2, 0.25) is 0 Å². The molecular formula is C14H21ClN2. The molecule has 0 heterocycles. The van der Waals surface area contributed by atoms with Gasteiger partial charge in [0.25, 0.3) is 0 Å². The molecule has 1 aromatic rings. The van der Waals surface area contributed by atoms with Crippen LogP contribution in [0.5, 0.6) is 0 Å². The first-order valence-corrected chi connectivity index (χ1v) is 6.83. The van der Waals surface area contributed by atoms with Crippen LogP contribution in [-0.4, -0.2) is 18.0 Å². The lowest BCUT2D eigenvalue weighted by molar-refractivity contribution is 0.178. The van der Waals surface area contributed by atoms with Crippen LogP contribution in [0.15, 0.2) is 18.2 Å². The topological polar surface area (TPSA) is 29.3 Å². The van der Waals surface area contributed by atoms with Crippen molar-refractivity contribution in [2.24, 2.45) is 5.92 Å². The SMILES string of the molecule is CCN(Cc1ccc(N)c(Cl)c1)CC1CCC1. The first kappa shape index (κ1) is 12.7. The molecule has 2 nitrogen and oxygen atoms in total. The summed E-state index contributed by atoms with van der Waals surface area (Å²) < 4.78 is 0. The van der Waals surface area contributed by atoms with Crippen LogP contribution in [-0.2, 0) is 6.54 Å². The standard InChI is InChI=1S/C14H21ClN2/c1-2-17(9-11-4-3-5-11)10-12-6-7-14(16)13(15)8-12/h6-8,11H,2-5,9-10,16H2,1H3. The van der Waals surface area contributed by atoms with Gasteiger partial charge in [-0.15, -0.1) is 0 Å². The highest BCUT2D eigenvalue weighted by atomic mass is 35.5. The first-order valence-electron chi connectivity index (χ1n) is 6.45. The molecule has 0 aliphatic heterocycles. The van der Waals surface area contributed by atoms with E-state index >= 15 is 0 Å². The van der Waals surface area contributed by atoms with E-state index < -0.39 is 0 Å². The average molecular weight is 253 g/mol. The van der Waals surface area contributed by atoms with Gasteiger partial charge in [-0.3, -0.25) is 4.90 Å². The van der Waals surface area contributed by atoms with Gasteiger partial charge in [0, 0.05) is 13.1 Å². The lowest BCUT2D eigenvalue weighted by atomic mass is 9.85. The molecule has 0 aromatic heterocycles. The summed E-state index contributed by atoms with van der Waals surface area (Å²) >= 11 is 6.04. The van der Waals surface area contributed by atoms with Gasteiger partial charge >= 0.3 is 0 Å². The van der Waals surface area contributed by atoms with Gasteiger partial charge in [0.15, 0.2) is 0 Å². The highest BCUT2D eigenvalue weighted by Gasteiger charge is 2.20. The zero-order chi connectivity index (χ0) is 12.3. The quantitative estimate of drug-likeness (QED) is 0.813. The molecule has 2 rings (SSSR count). The normalized spacial score (nSPS) is 16.2. The Balaban J connectivity index is 1.94. The summed E-state index contributed by atoms with van der Waals surface area (Å²) in [4.78, 5) is 2.49. The minimum absolute atomic E-state index is 0.664. The van der Waals surface area contributed by atoms with E-state index in [4.69, 9.17) is 17.3 Å². The molecule has 0 atom stereocenters. The second-order valence-electron chi connectivity index (χ2n) is 4.98. The van der Waals surface area contributed by atoms with Crippen LogP contribution in [0.2, 0.25) is 5.02 Å². The summed E-state index contributed by atoms with van der Waals surface area (Å²) in [6, 6.07) is 5.96. The van der Waals surface area contributed by atoms with Crippen LogP contribution in [0.25, 0.3) is 0 Å². The maximum Gasteiger partial charge on any atom is 0.0638 e. The van der Waals surface area contributed by atoms with E-state index in [2.05, 4.69) is 17.9 Å². The van der Waals surface area contributed by atoms with Crippen molar-refractivity contribution in [1.82, 2.24) is 4.90 Å². The molecule has 0 amide bonds. The van der Waals surface area contributed by atoms with Crippen LogP contribution in [0.1, 0.15) is 31.7 Å². The maximum atomic E-state index is 6.04. The number of nitrogens with two attached hydrogens (primary N) is 1. The zero-order valence-corrected chi connectivity index (χ0v) is 11.2. The van der Waals surface area contributed by atoms with E-state index in [1.54, 1.807) is 0 Å². The molecule has 0 saturated heterocycles. The number of rotatable bonds is 5.